The fourth-order valence-electron chi connectivity index (χ4n) is 1.81. The Morgan fingerprint density at radius 2 is 2.05 bits per heavy atom. The molecule has 0 atom stereocenters. The molecule has 0 saturated heterocycles. The molecule has 0 unspecified atom stereocenters. The van der Waals surface area contributed by atoms with Crippen LogP contribution in [0.25, 0.3) is 0 Å². The van der Waals surface area contributed by atoms with Gasteiger partial charge in [0.15, 0.2) is 11.6 Å². The maximum Gasteiger partial charge on any atom is 0.246 e. The second-order valence-corrected chi connectivity index (χ2v) is 5.18. The molecule has 0 radical (unpaired) electrons. The van der Waals surface area contributed by atoms with Crippen molar-refractivity contribution in [3.63, 3.8) is 0 Å². The van der Waals surface area contributed by atoms with Gasteiger partial charge >= 0.3 is 0 Å². The Hall–Kier alpha value is -1.98. The topological polar surface area (TPSA) is 67.9 Å². The van der Waals surface area contributed by atoms with Crippen LogP contribution < -0.4 is 4.90 Å². The molecule has 2 heterocycles. The maximum absolute atomic E-state index is 5.22. The first-order valence-corrected chi connectivity index (χ1v) is 6.96. The van der Waals surface area contributed by atoms with Crippen LogP contribution in [0.1, 0.15) is 50.5 Å². The Morgan fingerprint density at radius 1 is 1.25 bits per heavy atom. The number of nitrogens with zero attached hydrogens (tertiary/aromatic N) is 5. The molecule has 0 amide bonds. The summed E-state index contributed by atoms with van der Waals surface area (Å²) in [4.78, 5) is 6.29. The Morgan fingerprint density at radius 3 is 2.65 bits per heavy atom. The van der Waals surface area contributed by atoms with Crippen molar-refractivity contribution in [3.05, 3.63) is 29.5 Å². The van der Waals surface area contributed by atoms with Gasteiger partial charge in [0.05, 0.1) is 12.2 Å². The van der Waals surface area contributed by atoms with E-state index in [9.17, 15) is 0 Å². The zero-order valence-electron chi connectivity index (χ0n) is 12.5. The van der Waals surface area contributed by atoms with E-state index in [0.29, 0.717) is 18.4 Å². The lowest BCUT2D eigenvalue weighted by Crippen LogP contribution is -2.18. The molecule has 0 aliphatic carbocycles. The van der Waals surface area contributed by atoms with E-state index in [1.807, 2.05) is 24.1 Å². The third-order valence-corrected chi connectivity index (χ3v) is 3.01. The normalized spacial score (nSPS) is 11.1. The van der Waals surface area contributed by atoms with Crippen molar-refractivity contribution in [1.82, 2.24) is 20.3 Å². The SMILES string of the molecule is CCCc1noc(CN(C)c2ccc(C(C)C)nn2)n1. The first kappa shape index (κ1) is 14.4. The molecule has 6 heteroatoms. The lowest BCUT2D eigenvalue weighted by Gasteiger charge is -2.15. The highest BCUT2D eigenvalue weighted by atomic mass is 16.5. The Bertz CT molecular complexity index is 535. The lowest BCUT2D eigenvalue weighted by molar-refractivity contribution is 0.372. The van der Waals surface area contributed by atoms with E-state index in [1.54, 1.807) is 0 Å². The Balaban J connectivity index is 2.01. The van der Waals surface area contributed by atoms with Crippen molar-refractivity contribution in [2.45, 2.75) is 46.1 Å². The van der Waals surface area contributed by atoms with E-state index in [-0.39, 0.29) is 0 Å². The smallest absolute Gasteiger partial charge is 0.246 e. The summed E-state index contributed by atoms with van der Waals surface area (Å²) in [6.07, 6.45) is 1.85. The molecule has 0 aliphatic heterocycles. The summed E-state index contributed by atoms with van der Waals surface area (Å²) >= 11 is 0. The van der Waals surface area contributed by atoms with Crippen molar-refractivity contribution < 1.29 is 4.52 Å². The number of hydrogen-bond donors (Lipinski definition) is 0. The van der Waals surface area contributed by atoms with Crippen LogP contribution in [0.4, 0.5) is 5.82 Å². The van der Waals surface area contributed by atoms with Gasteiger partial charge in [0.25, 0.3) is 0 Å². The van der Waals surface area contributed by atoms with Gasteiger partial charge in [-0.25, -0.2) is 0 Å². The average Bonchev–Trinajstić information content (AvgIpc) is 2.86. The third-order valence-electron chi connectivity index (χ3n) is 3.01. The van der Waals surface area contributed by atoms with Crippen molar-refractivity contribution in [1.29, 1.82) is 0 Å². The second kappa shape index (κ2) is 6.45. The minimum atomic E-state index is 0.384. The van der Waals surface area contributed by atoms with Gasteiger partial charge in [-0.2, -0.15) is 10.1 Å². The van der Waals surface area contributed by atoms with Gasteiger partial charge in [-0.05, 0) is 24.5 Å². The molecule has 2 aromatic rings. The molecule has 2 rings (SSSR count). The molecular weight excluding hydrogens is 254 g/mol. The highest BCUT2D eigenvalue weighted by molar-refractivity contribution is 5.36. The Kier molecular flexibility index (Phi) is 4.65. The molecule has 2 aromatic heterocycles. The van der Waals surface area contributed by atoms with Crippen molar-refractivity contribution >= 4 is 5.82 Å². The van der Waals surface area contributed by atoms with Gasteiger partial charge in [-0.15, -0.1) is 5.10 Å². The maximum atomic E-state index is 5.22. The summed E-state index contributed by atoms with van der Waals surface area (Å²) in [6.45, 7) is 6.82. The molecular formula is C14H21N5O. The molecule has 0 bridgehead atoms. The van der Waals surface area contributed by atoms with E-state index in [0.717, 1.165) is 30.2 Å². The summed E-state index contributed by atoms with van der Waals surface area (Å²) in [6, 6.07) is 3.96. The van der Waals surface area contributed by atoms with Crippen molar-refractivity contribution in [2.75, 3.05) is 11.9 Å². The fourth-order valence-corrected chi connectivity index (χ4v) is 1.81. The van der Waals surface area contributed by atoms with Gasteiger partial charge in [-0.3, -0.25) is 0 Å². The first-order valence-electron chi connectivity index (χ1n) is 6.96. The highest BCUT2D eigenvalue weighted by Crippen LogP contribution is 2.15. The monoisotopic (exact) mass is 275 g/mol. The van der Waals surface area contributed by atoms with E-state index >= 15 is 0 Å². The molecule has 0 spiro atoms. The lowest BCUT2D eigenvalue weighted by atomic mass is 10.1. The number of rotatable bonds is 6. The minimum Gasteiger partial charge on any atom is -0.349 e. The zero-order chi connectivity index (χ0) is 14.5. The van der Waals surface area contributed by atoms with Gasteiger partial charge in [0, 0.05) is 13.5 Å². The van der Waals surface area contributed by atoms with E-state index in [4.69, 9.17) is 4.52 Å². The minimum absolute atomic E-state index is 0.384. The van der Waals surface area contributed by atoms with Crippen LogP contribution in [0.15, 0.2) is 16.7 Å². The van der Waals surface area contributed by atoms with Crippen LogP contribution in [0.5, 0.6) is 0 Å². The predicted octanol–water partition coefficient (Wildman–Crippen LogP) is 2.57. The summed E-state index contributed by atoms with van der Waals surface area (Å²) in [5.41, 5.74) is 0.991. The summed E-state index contributed by atoms with van der Waals surface area (Å²) in [5.74, 6) is 2.54. The molecule has 0 saturated carbocycles. The standard InChI is InChI=1S/C14H21N5O/c1-5-6-12-15-14(20-18-12)9-19(4)13-8-7-11(10(2)3)16-17-13/h7-8,10H,5-6,9H2,1-4H3. The van der Waals surface area contributed by atoms with Crippen LogP contribution in [0.3, 0.4) is 0 Å². The molecule has 6 nitrogen and oxygen atoms in total. The van der Waals surface area contributed by atoms with Crippen LogP contribution >= 0.6 is 0 Å². The predicted molar refractivity (Wildman–Crippen MR) is 76.5 cm³/mol. The van der Waals surface area contributed by atoms with E-state index in [2.05, 4.69) is 41.1 Å². The number of hydrogen-bond acceptors (Lipinski definition) is 6. The van der Waals surface area contributed by atoms with Crippen LogP contribution in [-0.2, 0) is 13.0 Å². The van der Waals surface area contributed by atoms with Crippen LogP contribution in [0, 0.1) is 0 Å². The quantitative estimate of drug-likeness (QED) is 0.807. The summed E-state index contributed by atoms with van der Waals surface area (Å²) in [7, 11) is 1.93. The largest absolute Gasteiger partial charge is 0.349 e. The average molecular weight is 275 g/mol. The highest BCUT2D eigenvalue weighted by Gasteiger charge is 2.11. The molecule has 0 fully saturated rings. The van der Waals surface area contributed by atoms with Crippen molar-refractivity contribution in [3.8, 4) is 0 Å². The summed E-state index contributed by atoms with van der Waals surface area (Å²) in [5, 5.41) is 12.4. The third kappa shape index (κ3) is 3.53. The van der Waals surface area contributed by atoms with E-state index in [1.165, 1.54) is 0 Å². The molecule has 20 heavy (non-hydrogen) atoms. The zero-order valence-corrected chi connectivity index (χ0v) is 12.5. The van der Waals surface area contributed by atoms with Gasteiger partial charge in [0.1, 0.15) is 0 Å². The van der Waals surface area contributed by atoms with Gasteiger partial charge in [-0.1, -0.05) is 25.9 Å². The number of aromatic nitrogens is 4. The molecule has 0 aliphatic rings. The summed E-state index contributed by atoms with van der Waals surface area (Å²) < 4.78 is 5.22. The van der Waals surface area contributed by atoms with Crippen LogP contribution in [0.2, 0.25) is 0 Å². The molecule has 0 N–H and O–H groups in total. The fraction of sp³-hybridized carbons (Fsp3) is 0.571. The second-order valence-electron chi connectivity index (χ2n) is 5.18. The Labute approximate surface area is 119 Å². The molecule has 108 valence electrons. The number of anilines is 1. The molecule has 0 aromatic carbocycles. The van der Waals surface area contributed by atoms with Crippen LogP contribution in [-0.4, -0.2) is 27.4 Å². The number of aryl methyl sites for hydroxylation is 1. The van der Waals surface area contributed by atoms with Gasteiger partial charge < -0.3 is 9.42 Å². The van der Waals surface area contributed by atoms with Crippen molar-refractivity contribution in [2.24, 2.45) is 0 Å². The van der Waals surface area contributed by atoms with E-state index < -0.39 is 0 Å². The van der Waals surface area contributed by atoms with Gasteiger partial charge in [0.2, 0.25) is 5.89 Å². The first-order chi connectivity index (χ1) is 9.60.